The van der Waals surface area contributed by atoms with Gasteiger partial charge in [-0.1, -0.05) is 0 Å². The smallest absolute Gasteiger partial charge is 0 e. The van der Waals surface area contributed by atoms with Crippen LogP contribution in [0.1, 0.15) is 0 Å². The summed E-state index contributed by atoms with van der Waals surface area (Å²) in [6, 6.07) is 0. The van der Waals surface area contributed by atoms with Crippen LogP contribution in [0.4, 0.5) is 0 Å². The van der Waals surface area contributed by atoms with Gasteiger partial charge in [0, 0.05) is 17.1 Å². The van der Waals surface area contributed by atoms with Crippen molar-refractivity contribution in [2.75, 3.05) is 0 Å². The third-order valence-electron chi connectivity index (χ3n) is 0. The van der Waals surface area contributed by atoms with Crippen molar-refractivity contribution in [3.05, 3.63) is 18.5 Å². The van der Waals surface area contributed by atoms with E-state index in [2.05, 4.69) is 0 Å². The van der Waals surface area contributed by atoms with Crippen LogP contribution in [0.25, 0.3) is 18.5 Å². The van der Waals surface area contributed by atoms with Crippen LogP contribution in [0.5, 0.6) is 0 Å². The quantitative estimate of drug-likeness (QED) is 0.428. The Morgan fingerprint density at radius 2 is 0.500 bits per heavy atom. The largest absolute Gasteiger partial charge is 0.693 e. The van der Waals surface area contributed by atoms with Gasteiger partial charge in [-0.3, -0.25) is 0 Å². The van der Waals surface area contributed by atoms with Crippen LogP contribution in [-0.4, -0.2) is 0 Å². The topological polar surface area (TPSA) is 100 Å². The molecule has 0 amide bonds. The molecule has 0 bridgehead atoms. The van der Waals surface area contributed by atoms with Gasteiger partial charge in [-0.05, 0) is 0 Å². The Morgan fingerprint density at radius 3 is 0.500 bits per heavy atom. The molecule has 0 heterocycles. The normalized spacial score (nSPS) is 0. The zero-order chi connectivity index (χ0) is 0. The van der Waals surface area contributed by atoms with Crippen molar-refractivity contribution >= 4 is 0 Å². The minimum absolute atomic E-state index is 0. The minimum atomic E-state index is 0. The van der Waals surface area contributed by atoms with Gasteiger partial charge in [0.25, 0.3) is 0 Å². The fraction of sp³-hybridized carbons (Fsp3) is 0. The van der Waals surface area contributed by atoms with Crippen molar-refractivity contribution in [3.8, 4) is 0 Å². The maximum Gasteiger partial charge on any atom is 0 e. The first-order chi connectivity index (χ1) is 0. The predicted octanol–water partition coefficient (Wildman–Crippen LogP) is 2.15. The minimum Gasteiger partial charge on any atom is -0.693 e. The standard InChI is InChI=1S/Cu.3H2N/h;3*1H2/q;3*-1. The van der Waals surface area contributed by atoms with Gasteiger partial charge < -0.3 is 18.5 Å². The Bertz CT molecular complexity index is 3.25. The van der Waals surface area contributed by atoms with Crippen LogP contribution < -0.4 is 0 Å². The second-order valence-corrected chi connectivity index (χ2v) is 0. The molecule has 0 aliphatic rings. The van der Waals surface area contributed by atoms with E-state index in [1.165, 1.54) is 0 Å². The Kier molecular flexibility index (Phi) is 9770. The van der Waals surface area contributed by atoms with Gasteiger partial charge in [-0.2, -0.15) is 0 Å². The van der Waals surface area contributed by atoms with Gasteiger partial charge in [0.2, 0.25) is 0 Å². The van der Waals surface area contributed by atoms with Crippen LogP contribution in [0.15, 0.2) is 0 Å². The third-order valence-corrected chi connectivity index (χ3v) is 0. The molecule has 0 aromatic carbocycles. The van der Waals surface area contributed by atoms with E-state index in [0.717, 1.165) is 0 Å². The molecule has 0 aliphatic carbocycles. The molecule has 0 saturated carbocycles. The summed E-state index contributed by atoms with van der Waals surface area (Å²) in [5.74, 6) is 0. The molecule has 3 nitrogen and oxygen atoms in total. The molecule has 1 radical (unpaired) electrons. The van der Waals surface area contributed by atoms with Gasteiger partial charge in [0.1, 0.15) is 0 Å². The van der Waals surface area contributed by atoms with E-state index in [0.29, 0.717) is 0 Å². The van der Waals surface area contributed by atoms with Gasteiger partial charge in [0.05, 0.1) is 0 Å². The van der Waals surface area contributed by atoms with Crippen molar-refractivity contribution < 1.29 is 17.1 Å². The van der Waals surface area contributed by atoms with E-state index in [1.54, 1.807) is 0 Å². The molecular formula is H6CuN3-3. The van der Waals surface area contributed by atoms with E-state index in [9.17, 15) is 0 Å². The monoisotopic (exact) mass is 111 g/mol. The van der Waals surface area contributed by atoms with Gasteiger partial charge in [-0.25, -0.2) is 0 Å². The molecule has 0 fully saturated rings. The maximum absolute atomic E-state index is 0. The number of rotatable bonds is 0. The van der Waals surface area contributed by atoms with Gasteiger partial charge in [0.15, 0.2) is 0 Å². The Balaban J connectivity index is 0. The fourth-order valence-corrected chi connectivity index (χ4v) is 0. The van der Waals surface area contributed by atoms with E-state index in [1.807, 2.05) is 0 Å². The summed E-state index contributed by atoms with van der Waals surface area (Å²) in [7, 11) is 0. The zero-order valence-electron chi connectivity index (χ0n) is 2.03. The Labute approximate surface area is 36.4 Å². The number of nitrogens with two attached hydrogens (primary N) is 3. The molecule has 6 N–H and O–H groups in total. The SMILES string of the molecule is [Cu].[NH2-].[NH2-].[NH2-]. The number of hydrogen-bond donors (Lipinski definition) is 0. The first-order valence-electron chi connectivity index (χ1n) is 0. The Hall–Kier alpha value is 0.399. The first-order valence-corrected chi connectivity index (χ1v) is 0. The molecule has 0 spiro atoms. The van der Waals surface area contributed by atoms with Crippen LogP contribution >= 0.6 is 0 Å². The molecule has 0 rings (SSSR count). The molecule has 0 atom stereocenters. The molecule has 0 aromatic rings. The summed E-state index contributed by atoms with van der Waals surface area (Å²) >= 11 is 0. The second-order valence-electron chi connectivity index (χ2n) is 0. The van der Waals surface area contributed by atoms with E-state index in [4.69, 9.17) is 0 Å². The van der Waals surface area contributed by atoms with Crippen LogP contribution in [0, 0.1) is 0 Å². The summed E-state index contributed by atoms with van der Waals surface area (Å²) in [5, 5.41) is 0. The van der Waals surface area contributed by atoms with Crippen molar-refractivity contribution in [1.29, 1.82) is 0 Å². The summed E-state index contributed by atoms with van der Waals surface area (Å²) in [6.45, 7) is 0. The average Bonchev–Trinajstić information content (AvgIpc) is 0. The second kappa shape index (κ2) is 123. The van der Waals surface area contributed by atoms with Crippen LogP contribution in [0.3, 0.4) is 0 Å². The summed E-state index contributed by atoms with van der Waals surface area (Å²) < 4.78 is 0. The molecule has 0 unspecified atom stereocenters. The van der Waals surface area contributed by atoms with Gasteiger partial charge in [-0.15, -0.1) is 0 Å². The van der Waals surface area contributed by atoms with Gasteiger partial charge >= 0.3 is 0 Å². The van der Waals surface area contributed by atoms with Crippen LogP contribution in [0.2, 0.25) is 0 Å². The fourth-order valence-electron chi connectivity index (χ4n) is 0. The molecule has 4 heavy (non-hydrogen) atoms. The summed E-state index contributed by atoms with van der Waals surface area (Å²) in [5.41, 5.74) is 0. The van der Waals surface area contributed by atoms with Crippen molar-refractivity contribution in [3.63, 3.8) is 0 Å². The molecule has 0 aliphatic heterocycles. The van der Waals surface area contributed by atoms with E-state index in [-0.39, 0.29) is 35.5 Å². The predicted molar refractivity (Wildman–Crippen MR) is 15.9 cm³/mol. The summed E-state index contributed by atoms with van der Waals surface area (Å²) in [4.78, 5) is 0. The first kappa shape index (κ1) is 319. The van der Waals surface area contributed by atoms with E-state index < -0.39 is 0 Å². The van der Waals surface area contributed by atoms with Crippen molar-refractivity contribution in [1.82, 2.24) is 0 Å². The molecule has 35 valence electrons. The summed E-state index contributed by atoms with van der Waals surface area (Å²) in [6.07, 6.45) is 0. The maximum atomic E-state index is 0. The zero-order valence-corrected chi connectivity index (χ0v) is 2.98. The van der Waals surface area contributed by atoms with Crippen molar-refractivity contribution in [2.24, 2.45) is 0 Å². The van der Waals surface area contributed by atoms with Crippen LogP contribution in [-0.2, 0) is 17.1 Å². The average molecular weight is 112 g/mol. The van der Waals surface area contributed by atoms with E-state index >= 15 is 0 Å². The number of hydrogen-bond acceptors (Lipinski definition) is 0. The molecule has 4 heteroatoms. The third kappa shape index (κ3) is 29.4. The van der Waals surface area contributed by atoms with Crippen molar-refractivity contribution in [2.45, 2.75) is 0 Å². The Morgan fingerprint density at radius 1 is 0.500 bits per heavy atom. The molecule has 0 aromatic heterocycles. The molecular weight excluding hydrogens is 106 g/mol. The molecule has 0 saturated heterocycles.